The first-order chi connectivity index (χ1) is 11.1. The number of nitrogens with zero attached hydrogens (tertiary/aromatic N) is 1. The Labute approximate surface area is 138 Å². The Morgan fingerprint density at radius 2 is 1.87 bits per heavy atom. The van der Waals surface area contributed by atoms with Crippen LogP contribution in [0.15, 0.2) is 54.1 Å². The molecule has 0 saturated carbocycles. The maximum atomic E-state index is 12.8. The van der Waals surface area contributed by atoms with Crippen molar-refractivity contribution in [1.82, 2.24) is 4.98 Å². The van der Waals surface area contributed by atoms with E-state index < -0.39 is 0 Å². The van der Waals surface area contributed by atoms with Gasteiger partial charge in [-0.15, -0.1) is 0 Å². The third kappa shape index (κ3) is 2.90. The van der Waals surface area contributed by atoms with Gasteiger partial charge in [-0.1, -0.05) is 41.9 Å². The fourth-order valence-corrected chi connectivity index (χ4v) is 2.70. The standard InChI is InChI=1S/C19H13ClN2O/c1-12-18(16-4-2-3-5-17(16)22-12)19(23)14(11-21)10-13-6-8-15(20)9-7-13/h2-10,22H,1H3/b14-10+. The largest absolute Gasteiger partial charge is 0.358 e. The average molecular weight is 321 g/mol. The van der Waals surface area contributed by atoms with Gasteiger partial charge in [-0.05, 0) is 36.8 Å². The summed E-state index contributed by atoms with van der Waals surface area (Å²) in [6.07, 6.45) is 1.58. The first-order valence-electron chi connectivity index (χ1n) is 7.09. The number of Topliss-reactive ketones (excluding diaryl/α,β-unsaturated/α-hetero) is 1. The number of hydrogen-bond donors (Lipinski definition) is 1. The molecule has 1 aromatic heterocycles. The van der Waals surface area contributed by atoms with Crippen LogP contribution in [0.1, 0.15) is 21.6 Å². The molecule has 0 aliphatic rings. The van der Waals surface area contributed by atoms with Crippen molar-refractivity contribution in [2.24, 2.45) is 0 Å². The molecule has 4 heteroatoms. The number of aryl methyl sites for hydroxylation is 1. The van der Waals surface area contributed by atoms with Gasteiger partial charge in [0.15, 0.2) is 0 Å². The molecule has 3 aromatic rings. The lowest BCUT2D eigenvalue weighted by atomic mass is 9.99. The van der Waals surface area contributed by atoms with Crippen molar-refractivity contribution in [3.63, 3.8) is 0 Å². The molecule has 2 aromatic carbocycles. The number of H-pyrrole nitrogens is 1. The lowest BCUT2D eigenvalue weighted by Crippen LogP contribution is -2.03. The van der Waals surface area contributed by atoms with Gasteiger partial charge in [0.25, 0.3) is 0 Å². The molecular weight excluding hydrogens is 308 g/mol. The molecule has 0 unspecified atom stereocenters. The zero-order valence-electron chi connectivity index (χ0n) is 12.4. The van der Waals surface area contributed by atoms with Crippen molar-refractivity contribution >= 4 is 34.4 Å². The monoisotopic (exact) mass is 320 g/mol. The highest BCUT2D eigenvalue weighted by Gasteiger charge is 2.19. The van der Waals surface area contributed by atoms with Crippen LogP contribution in [0, 0.1) is 18.3 Å². The van der Waals surface area contributed by atoms with Crippen molar-refractivity contribution in [2.45, 2.75) is 6.92 Å². The molecule has 0 aliphatic heterocycles. The molecule has 23 heavy (non-hydrogen) atoms. The summed E-state index contributed by atoms with van der Waals surface area (Å²) in [4.78, 5) is 16.0. The Morgan fingerprint density at radius 3 is 2.57 bits per heavy atom. The third-order valence-electron chi connectivity index (χ3n) is 3.67. The van der Waals surface area contributed by atoms with Gasteiger partial charge in [0, 0.05) is 21.6 Å². The van der Waals surface area contributed by atoms with Gasteiger partial charge >= 0.3 is 0 Å². The maximum Gasteiger partial charge on any atom is 0.205 e. The summed E-state index contributed by atoms with van der Waals surface area (Å²) in [5, 5.41) is 10.8. The van der Waals surface area contributed by atoms with E-state index in [0.717, 1.165) is 22.2 Å². The number of benzene rings is 2. The van der Waals surface area contributed by atoms with E-state index in [-0.39, 0.29) is 11.4 Å². The van der Waals surface area contributed by atoms with Crippen molar-refractivity contribution in [1.29, 1.82) is 5.26 Å². The normalized spacial score (nSPS) is 11.4. The quantitative estimate of drug-likeness (QED) is 0.423. The van der Waals surface area contributed by atoms with Crippen LogP contribution in [0.3, 0.4) is 0 Å². The Bertz CT molecular complexity index is 959. The first-order valence-corrected chi connectivity index (χ1v) is 7.47. The van der Waals surface area contributed by atoms with E-state index >= 15 is 0 Å². The van der Waals surface area contributed by atoms with Crippen LogP contribution in [0.25, 0.3) is 17.0 Å². The van der Waals surface area contributed by atoms with Crippen LogP contribution in [0.5, 0.6) is 0 Å². The molecule has 1 heterocycles. The lowest BCUT2D eigenvalue weighted by Gasteiger charge is -2.01. The molecule has 1 N–H and O–H groups in total. The molecule has 0 radical (unpaired) electrons. The molecular formula is C19H13ClN2O. The number of hydrogen-bond acceptors (Lipinski definition) is 2. The summed E-state index contributed by atoms with van der Waals surface area (Å²) in [5.74, 6) is -0.280. The highest BCUT2D eigenvalue weighted by molar-refractivity contribution is 6.30. The highest BCUT2D eigenvalue weighted by Crippen LogP contribution is 2.25. The maximum absolute atomic E-state index is 12.8. The second-order valence-corrected chi connectivity index (χ2v) is 5.66. The minimum Gasteiger partial charge on any atom is -0.358 e. The molecule has 0 aliphatic carbocycles. The zero-order valence-corrected chi connectivity index (χ0v) is 13.2. The van der Waals surface area contributed by atoms with Gasteiger partial charge in [-0.3, -0.25) is 4.79 Å². The molecule has 0 bridgehead atoms. The van der Waals surface area contributed by atoms with E-state index in [4.69, 9.17) is 11.6 Å². The van der Waals surface area contributed by atoms with Gasteiger partial charge in [0.05, 0.1) is 5.56 Å². The van der Waals surface area contributed by atoms with Crippen molar-refractivity contribution in [3.8, 4) is 6.07 Å². The van der Waals surface area contributed by atoms with E-state index in [1.165, 1.54) is 0 Å². The Kier molecular flexibility index (Phi) is 4.01. The number of fused-ring (bicyclic) bond motifs is 1. The van der Waals surface area contributed by atoms with Crippen molar-refractivity contribution in [3.05, 3.63) is 75.9 Å². The molecule has 0 fully saturated rings. The fraction of sp³-hybridized carbons (Fsp3) is 0.0526. The predicted octanol–water partition coefficient (Wildman–Crippen LogP) is 4.92. The number of allylic oxidation sites excluding steroid dienone is 1. The number of nitriles is 1. The van der Waals surface area contributed by atoms with Gasteiger partial charge < -0.3 is 4.98 Å². The fourth-order valence-electron chi connectivity index (χ4n) is 2.58. The van der Waals surface area contributed by atoms with Gasteiger partial charge in [-0.2, -0.15) is 5.26 Å². The van der Waals surface area contributed by atoms with E-state index in [1.54, 1.807) is 30.3 Å². The summed E-state index contributed by atoms with van der Waals surface area (Å²) in [7, 11) is 0. The summed E-state index contributed by atoms with van der Waals surface area (Å²) in [6, 6.07) is 16.6. The third-order valence-corrected chi connectivity index (χ3v) is 3.92. The Hall–Kier alpha value is -2.83. The van der Waals surface area contributed by atoms with Crippen LogP contribution in [-0.2, 0) is 0 Å². The summed E-state index contributed by atoms with van der Waals surface area (Å²) >= 11 is 5.86. The Morgan fingerprint density at radius 1 is 1.17 bits per heavy atom. The molecule has 0 spiro atoms. The van der Waals surface area contributed by atoms with Crippen molar-refractivity contribution in [2.75, 3.05) is 0 Å². The van der Waals surface area contributed by atoms with Crippen LogP contribution >= 0.6 is 11.6 Å². The Balaban J connectivity index is 2.08. The zero-order chi connectivity index (χ0) is 16.4. The predicted molar refractivity (Wildman–Crippen MR) is 92.4 cm³/mol. The van der Waals surface area contributed by atoms with Crippen LogP contribution in [0.4, 0.5) is 0 Å². The van der Waals surface area contributed by atoms with Crippen molar-refractivity contribution < 1.29 is 4.79 Å². The van der Waals surface area contributed by atoms with E-state index in [0.29, 0.717) is 10.6 Å². The number of carbonyl (C=O) groups excluding carboxylic acids is 1. The number of aromatic nitrogens is 1. The molecule has 3 rings (SSSR count). The van der Waals surface area contributed by atoms with E-state index in [1.807, 2.05) is 37.3 Å². The molecule has 112 valence electrons. The summed E-state index contributed by atoms with van der Waals surface area (Å²) in [5.41, 5.74) is 3.05. The minimum absolute atomic E-state index is 0.0974. The second-order valence-electron chi connectivity index (χ2n) is 5.22. The number of ketones is 1. The molecule has 0 atom stereocenters. The second kappa shape index (κ2) is 6.12. The summed E-state index contributed by atoms with van der Waals surface area (Å²) < 4.78 is 0. The highest BCUT2D eigenvalue weighted by atomic mass is 35.5. The number of halogens is 1. The lowest BCUT2D eigenvalue weighted by molar-refractivity contribution is 0.104. The van der Waals surface area contributed by atoms with Crippen LogP contribution < -0.4 is 0 Å². The smallest absolute Gasteiger partial charge is 0.205 e. The van der Waals surface area contributed by atoms with Gasteiger partial charge in [-0.25, -0.2) is 0 Å². The SMILES string of the molecule is Cc1[nH]c2ccccc2c1C(=O)/C(C#N)=C/c1ccc(Cl)cc1. The number of carbonyl (C=O) groups is 1. The summed E-state index contributed by atoms with van der Waals surface area (Å²) in [6.45, 7) is 1.84. The molecule has 0 saturated heterocycles. The number of rotatable bonds is 3. The minimum atomic E-state index is -0.280. The molecule has 0 amide bonds. The van der Waals surface area contributed by atoms with E-state index in [2.05, 4.69) is 4.98 Å². The number of para-hydroxylation sites is 1. The molecule has 3 nitrogen and oxygen atoms in total. The van der Waals surface area contributed by atoms with Crippen LogP contribution in [-0.4, -0.2) is 10.8 Å². The van der Waals surface area contributed by atoms with Gasteiger partial charge in [0.2, 0.25) is 5.78 Å². The number of nitrogens with one attached hydrogen (secondary N) is 1. The average Bonchev–Trinajstić information content (AvgIpc) is 2.89. The first kappa shape index (κ1) is 15.1. The van der Waals surface area contributed by atoms with E-state index in [9.17, 15) is 10.1 Å². The van der Waals surface area contributed by atoms with Gasteiger partial charge in [0.1, 0.15) is 11.6 Å². The van der Waals surface area contributed by atoms with Crippen LogP contribution in [0.2, 0.25) is 5.02 Å². The number of aromatic amines is 1. The topological polar surface area (TPSA) is 56.6 Å².